The molecule has 0 aliphatic rings. The molecule has 0 saturated carbocycles. The standard InChI is InChI=1S/C5H9NO3/c1-4(9)6-5(2-7)3-8/h2,5,8H,3H2,1H3,(H,6,9). The van der Waals surface area contributed by atoms with Crippen LogP contribution < -0.4 is 5.32 Å². The van der Waals surface area contributed by atoms with Gasteiger partial charge in [-0.05, 0) is 0 Å². The number of rotatable bonds is 3. The van der Waals surface area contributed by atoms with Gasteiger partial charge in [-0.25, -0.2) is 0 Å². The maximum absolute atomic E-state index is 10.2. The van der Waals surface area contributed by atoms with Gasteiger partial charge >= 0.3 is 0 Å². The van der Waals surface area contributed by atoms with Gasteiger partial charge in [0.2, 0.25) is 5.91 Å². The van der Waals surface area contributed by atoms with Crippen molar-refractivity contribution in [1.82, 2.24) is 5.32 Å². The van der Waals surface area contributed by atoms with E-state index in [1.807, 2.05) is 0 Å². The Kier molecular flexibility index (Phi) is 3.62. The Morgan fingerprint density at radius 1 is 1.89 bits per heavy atom. The number of hydrogen-bond donors (Lipinski definition) is 2. The summed E-state index contributed by atoms with van der Waals surface area (Å²) in [6.45, 7) is 0.940. The van der Waals surface area contributed by atoms with Crippen molar-refractivity contribution in [3.05, 3.63) is 0 Å². The average Bonchev–Trinajstić information content (AvgIpc) is 1.82. The van der Waals surface area contributed by atoms with Gasteiger partial charge in [0, 0.05) is 6.92 Å². The molecule has 2 N–H and O–H groups in total. The zero-order chi connectivity index (χ0) is 7.28. The summed E-state index contributed by atoms with van der Waals surface area (Å²) in [7, 11) is 0. The molecule has 0 aliphatic carbocycles. The van der Waals surface area contributed by atoms with Crippen LogP contribution in [0.15, 0.2) is 0 Å². The van der Waals surface area contributed by atoms with Crippen LogP contribution in [0.3, 0.4) is 0 Å². The molecule has 0 aromatic rings. The van der Waals surface area contributed by atoms with Gasteiger partial charge in [0.25, 0.3) is 0 Å². The monoisotopic (exact) mass is 131 g/mol. The van der Waals surface area contributed by atoms with Crippen molar-refractivity contribution in [2.75, 3.05) is 6.61 Å². The van der Waals surface area contributed by atoms with Crippen molar-refractivity contribution < 1.29 is 14.7 Å². The van der Waals surface area contributed by atoms with Gasteiger partial charge < -0.3 is 15.2 Å². The minimum atomic E-state index is -0.748. The lowest BCUT2D eigenvalue weighted by Crippen LogP contribution is -2.36. The summed E-state index contributed by atoms with van der Waals surface area (Å²) in [6.07, 6.45) is 0.488. The van der Waals surface area contributed by atoms with Gasteiger partial charge in [-0.3, -0.25) is 4.79 Å². The fraction of sp³-hybridized carbons (Fsp3) is 0.600. The quantitative estimate of drug-likeness (QED) is 0.467. The molecular formula is C5H9NO3. The Morgan fingerprint density at radius 2 is 2.44 bits per heavy atom. The van der Waals surface area contributed by atoms with Crippen LogP contribution in [-0.2, 0) is 9.59 Å². The molecule has 4 nitrogen and oxygen atoms in total. The predicted molar refractivity (Wildman–Crippen MR) is 30.8 cm³/mol. The topological polar surface area (TPSA) is 66.4 Å². The highest BCUT2D eigenvalue weighted by molar-refractivity contribution is 5.77. The molecule has 0 rings (SSSR count). The van der Waals surface area contributed by atoms with Gasteiger partial charge in [0.15, 0.2) is 0 Å². The van der Waals surface area contributed by atoms with Crippen molar-refractivity contribution in [2.24, 2.45) is 0 Å². The highest BCUT2D eigenvalue weighted by Crippen LogP contribution is 1.73. The van der Waals surface area contributed by atoms with Crippen molar-refractivity contribution in [1.29, 1.82) is 0 Å². The Hall–Kier alpha value is -0.900. The summed E-state index contributed by atoms with van der Waals surface area (Å²) < 4.78 is 0. The average molecular weight is 131 g/mol. The summed E-state index contributed by atoms with van der Waals surface area (Å²) in [6, 6.07) is -0.748. The summed E-state index contributed by atoms with van der Waals surface area (Å²) in [5, 5.41) is 10.6. The fourth-order valence-corrected chi connectivity index (χ4v) is 0.384. The zero-order valence-electron chi connectivity index (χ0n) is 5.13. The van der Waals surface area contributed by atoms with Crippen LogP contribution in [0.4, 0.5) is 0 Å². The van der Waals surface area contributed by atoms with Crippen LogP contribution >= 0.6 is 0 Å². The van der Waals surface area contributed by atoms with E-state index in [1.165, 1.54) is 6.92 Å². The highest BCUT2D eigenvalue weighted by atomic mass is 16.3. The summed E-state index contributed by atoms with van der Waals surface area (Å²) >= 11 is 0. The molecule has 9 heavy (non-hydrogen) atoms. The molecule has 0 fully saturated rings. The zero-order valence-corrected chi connectivity index (χ0v) is 5.13. The molecule has 0 aliphatic heterocycles. The number of carbonyl (C=O) groups excluding carboxylic acids is 2. The first-order valence-electron chi connectivity index (χ1n) is 2.54. The molecule has 0 radical (unpaired) electrons. The number of carbonyl (C=O) groups is 2. The first-order chi connectivity index (χ1) is 4.20. The second-order valence-corrected chi connectivity index (χ2v) is 1.63. The smallest absolute Gasteiger partial charge is 0.217 e. The van der Waals surface area contributed by atoms with Crippen LogP contribution in [0, 0.1) is 0 Å². The molecule has 1 atom stereocenters. The fourth-order valence-electron chi connectivity index (χ4n) is 0.384. The molecule has 0 bridgehead atoms. The first kappa shape index (κ1) is 8.10. The Morgan fingerprint density at radius 3 is 2.56 bits per heavy atom. The normalized spacial score (nSPS) is 12.2. The third-order valence-electron chi connectivity index (χ3n) is 0.750. The van der Waals surface area contributed by atoms with Gasteiger partial charge in [0.05, 0.1) is 6.61 Å². The van der Waals surface area contributed by atoms with E-state index in [0.29, 0.717) is 6.29 Å². The molecular weight excluding hydrogens is 122 g/mol. The van der Waals surface area contributed by atoms with Gasteiger partial charge in [-0.2, -0.15) is 0 Å². The number of nitrogens with one attached hydrogen (secondary N) is 1. The van der Waals surface area contributed by atoms with Gasteiger partial charge in [-0.1, -0.05) is 0 Å². The van der Waals surface area contributed by atoms with E-state index in [2.05, 4.69) is 5.32 Å². The lowest BCUT2D eigenvalue weighted by atomic mass is 10.3. The number of hydrogen-bond acceptors (Lipinski definition) is 3. The van der Waals surface area contributed by atoms with Gasteiger partial charge in [0.1, 0.15) is 12.3 Å². The number of aliphatic hydroxyl groups is 1. The van der Waals surface area contributed by atoms with Crippen LogP contribution in [0.5, 0.6) is 0 Å². The van der Waals surface area contributed by atoms with Crippen molar-refractivity contribution >= 4 is 12.2 Å². The van der Waals surface area contributed by atoms with Crippen LogP contribution in [0.25, 0.3) is 0 Å². The van der Waals surface area contributed by atoms with Gasteiger partial charge in [-0.15, -0.1) is 0 Å². The van der Waals surface area contributed by atoms with E-state index in [0.717, 1.165) is 0 Å². The highest BCUT2D eigenvalue weighted by Gasteiger charge is 2.04. The summed E-state index contributed by atoms with van der Waals surface area (Å²) in [5.41, 5.74) is 0. The maximum atomic E-state index is 10.2. The number of aldehydes is 1. The van der Waals surface area contributed by atoms with Crippen molar-refractivity contribution in [3.63, 3.8) is 0 Å². The molecule has 0 aromatic heterocycles. The lowest BCUT2D eigenvalue weighted by molar-refractivity contribution is -0.122. The second-order valence-electron chi connectivity index (χ2n) is 1.63. The first-order valence-corrected chi connectivity index (χ1v) is 2.54. The second kappa shape index (κ2) is 4.03. The molecule has 52 valence electrons. The van der Waals surface area contributed by atoms with Crippen LogP contribution in [0.1, 0.15) is 6.92 Å². The Labute approximate surface area is 52.9 Å². The summed E-state index contributed by atoms with van der Waals surface area (Å²) in [4.78, 5) is 20.1. The predicted octanol–water partition coefficient (Wildman–Crippen LogP) is -1.32. The van der Waals surface area contributed by atoms with E-state index in [1.54, 1.807) is 0 Å². The lowest BCUT2D eigenvalue weighted by Gasteiger charge is -2.05. The van der Waals surface area contributed by atoms with Crippen LogP contribution in [-0.4, -0.2) is 29.9 Å². The van der Waals surface area contributed by atoms with E-state index >= 15 is 0 Å². The van der Waals surface area contributed by atoms with Crippen LogP contribution in [0.2, 0.25) is 0 Å². The van der Waals surface area contributed by atoms with Crippen molar-refractivity contribution in [2.45, 2.75) is 13.0 Å². The van der Waals surface area contributed by atoms with E-state index in [4.69, 9.17) is 5.11 Å². The van der Waals surface area contributed by atoms with E-state index in [9.17, 15) is 9.59 Å². The molecule has 0 aromatic carbocycles. The Bertz CT molecular complexity index is 113. The maximum Gasteiger partial charge on any atom is 0.217 e. The van der Waals surface area contributed by atoms with E-state index < -0.39 is 6.04 Å². The minimum absolute atomic E-state index is 0.318. The third kappa shape index (κ3) is 3.66. The molecule has 1 amide bonds. The Balaban J connectivity index is 3.55. The van der Waals surface area contributed by atoms with E-state index in [-0.39, 0.29) is 12.5 Å². The largest absolute Gasteiger partial charge is 0.394 e. The number of aliphatic hydroxyl groups excluding tert-OH is 1. The molecule has 4 heteroatoms. The molecule has 0 saturated heterocycles. The third-order valence-corrected chi connectivity index (χ3v) is 0.750. The molecule has 1 unspecified atom stereocenters. The minimum Gasteiger partial charge on any atom is -0.394 e. The summed E-state index contributed by atoms with van der Waals surface area (Å²) in [5.74, 6) is -0.318. The molecule has 0 heterocycles. The SMILES string of the molecule is CC(=O)NC(C=O)CO. The number of amides is 1. The van der Waals surface area contributed by atoms with Crippen molar-refractivity contribution in [3.8, 4) is 0 Å². The molecule has 0 spiro atoms.